The third kappa shape index (κ3) is 3.85. The van der Waals surface area contributed by atoms with Crippen molar-refractivity contribution in [3.8, 4) is 10.7 Å². The van der Waals surface area contributed by atoms with E-state index in [0.29, 0.717) is 0 Å². The quantitative estimate of drug-likeness (QED) is 0.849. The first-order chi connectivity index (χ1) is 11.9. The monoisotopic (exact) mass is 342 g/mol. The molecule has 1 aliphatic heterocycles. The lowest BCUT2D eigenvalue weighted by Crippen LogP contribution is -2.50. The molecule has 1 aliphatic carbocycles. The number of aromatic nitrogens is 2. The van der Waals surface area contributed by atoms with Crippen LogP contribution in [0.4, 0.5) is 0 Å². The molecule has 0 spiro atoms. The van der Waals surface area contributed by atoms with E-state index in [4.69, 9.17) is 4.98 Å². The molecule has 2 fully saturated rings. The summed E-state index contributed by atoms with van der Waals surface area (Å²) in [6.45, 7) is 5.77. The molecular formula is C19H26N4S. The Morgan fingerprint density at radius 2 is 1.88 bits per heavy atom. The minimum atomic E-state index is 0.857. The second-order valence-corrected chi connectivity index (χ2v) is 7.82. The predicted octanol–water partition coefficient (Wildman–Crippen LogP) is 3.66. The second kappa shape index (κ2) is 7.72. The Hall–Kier alpha value is -1.30. The molecule has 0 aromatic carbocycles. The van der Waals surface area contributed by atoms with Gasteiger partial charge in [0.15, 0.2) is 0 Å². The molecule has 2 aromatic rings. The molecule has 3 heterocycles. The van der Waals surface area contributed by atoms with E-state index < -0.39 is 0 Å². The first-order valence-corrected chi connectivity index (χ1v) is 10.1. The second-order valence-electron chi connectivity index (χ2n) is 6.96. The van der Waals surface area contributed by atoms with Gasteiger partial charge in [0.2, 0.25) is 0 Å². The Morgan fingerprint density at radius 1 is 1.04 bits per heavy atom. The maximum atomic E-state index is 4.78. The lowest BCUT2D eigenvalue weighted by molar-refractivity contribution is 0.0750. The topological polar surface area (TPSA) is 32.3 Å². The maximum Gasteiger partial charge on any atom is 0.142 e. The van der Waals surface area contributed by atoms with Gasteiger partial charge in [0.1, 0.15) is 5.01 Å². The lowest BCUT2D eigenvalue weighted by Gasteiger charge is -2.40. The molecule has 2 aliphatic rings. The number of nitrogens with zero attached hydrogens (tertiary/aromatic N) is 4. The average molecular weight is 343 g/mol. The average Bonchev–Trinajstić information content (AvgIpc) is 3.12. The highest BCUT2D eigenvalue weighted by Crippen LogP contribution is 2.25. The van der Waals surface area contributed by atoms with Crippen molar-refractivity contribution in [2.24, 2.45) is 0 Å². The van der Waals surface area contributed by atoms with Crippen LogP contribution in [0.2, 0.25) is 0 Å². The van der Waals surface area contributed by atoms with E-state index >= 15 is 0 Å². The zero-order valence-electron chi connectivity index (χ0n) is 14.2. The molecule has 4 rings (SSSR count). The highest BCUT2D eigenvalue weighted by Gasteiger charge is 2.25. The highest BCUT2D eigenvalue weighted by atomic mass is 32.1. The van der Waals surface area contributed by atoms with E-state index in [0.717, 1.165) is 23.3 Å². The molecule has 0 atom stereocenters. The standard InChI is InChI=1S/C19H26N4S/c1-2-6-17(7-3-1)23-12-10-22(11-13-23)14-16-15-24-19(21-16)18-8-4-5-9-20-18/h4-5,8-9,15,17H,1-3,6-7,10-14H2. The molecular weight excluding hydrogens is 316 g/mol. The molecule has 0 amide bonds. The maximum absolute atomic E-state index is 4.78. The molecule has 0 radical (unpaired) electrons. The predicted molar refractivity (Wildman–Crippen MR) is 99.1 cm³/mol. The van der Waals surface area contributed by atoms with Gasteiger partial charge in [-0.15, -0.1) is 11.3 Å². The van der Waals surface area contributed by atoms with Crippen LogP contribution in [0.1, 0.15) is 37.8 Å². The Bertz CT molecular complexity index is 628. The van der Waals surface area contributed by atoms with Crippen LogP contribution in [0.5, 0.6) is 0 Å². The summed E-state index contributed by atoms with van der Waals surface area (Å²) in [6.07, 6.45) is 8.97. The molecule has 5 heteroatoms. The van der Waals surface area contributed by atoms with Crippen molar-refractivity contribution in [3.05, 3.63) is 35.5 Å². The van der Waals surface area contributed by atoms with Gasteiger partial charge in [-0.1, -0.05) is 25.3 Å². The summed E-state index contributed by atoms with van der Waals surface area (Å²) in [7, 11) is 0. The van der Waals surface area contributed by atoms with E-state index in [1.54, 1.807) is 11.3 Å². The Labute approximate surface area is 148 Å². The fraction of sp³-hybridized carbons (Fsp3) is 0.579. The van der Waals surface area contributed by atoms with Crippen LogP contribution in [0.15, 0.2) is 29.8 Å². The van der Waals surface area contributed by atoms with Crippen molar-refractivity contribution < 1.29 is 0 Å². The van der Waals surface area contributed by atoms with Crippen LogP contribution < -0.4 is 0 Å². The highest BCUT2D eigenvalue weighted by molar-refractivity contribution is 7.13. The van der Waals surface area contributed by atoms with Gasteiger partial charge < -0.3 is 0 Å². The molecule has 0 bridgehead atoms. The lowest BCUT2D eigenvalue weighted by atomic mass is 9.94. The molecule has 24 heavy (non-hydrogen) atoms. The number of pyridine rings is 1. The van der Waals surface area contributed by atoms with Crippen molar-refractivity contribution in [3.63, 3.8) is 0 Å². The summed E-state index contributed by atoms with van der Waals surface area (Å²) < 4.78 is 0. The van der Waals surface area contributed by atoms with Crippen LogP contribution >= 0.6 is 11.3 Å². The summed E-state index contributed by atoms with van der Waals surface area (Å²) in [5.41, 5.74) is 2.17. The Morgan fingerprint density at radius 3 is 2.62 bits per heavy atom. The normalized spacial score (nSPS) is 21.2. The van der Waals surface area contributed by atoms with Crippen LogP contribution in [0.25, 0.3) is 10.7 Å². The first-order valence-electron chi connectivity index (χ1n) is 9.21. The SMILES string of the molecule is c1ccc(-c2nc(CN3CCN(C4CCCCC4)CC3)cs2)nc1. The minimum absolute atomic E-state index is 0.857. The third-order valence-electron chi connectivity index (χ3n) is 5.32. The van der Waals surface area contributed by atoms with Gasteiger partial charge in [0, 0.05) is 50.3 Å². The fourth-order valence-corrected chi connectivity index (χ4v) is 4.73. The Balaban J connectivity index is 1.30. The molecule has 0 unspecified atom stereocenters. The summed E-state index contributed by atoms with van der Waals surface area (Å²) >= 11 is 1.70. The van der Waals surface area contributed by atoms with E-state index in [9.17, 15) is 0 Å². The van der Waals surface area contributed by atoms with E-state index in [2.05, 4.69) is 20.2 Å². The molecule has 1 saturated carbocycles. The van der Waals surface area contributed by atoms with Crippen molar-refractivity contribution in [2.75, 3.05) is 26.2 Å². The summed E-state index contributed by atoms with van der Waals surface area (Å²) in [5.74, 6) is 0. The van der Waals surface area contributed by atoms with Gasteiger partial charge in [-0.3, -0.25) is 14.8 Å². The third-order valence-corrected chi connectivity index (χ3v) is 6.23. The van der Waals surface area contributed by atoms with E-state index in [1.807, 2.05) is 24.4 Å². The molecule has 0 N–H and O–H groups in total. The fourth-order valence-electron chi connectivity index (χ4n) is 3.95. The minimum Gasteiger partial charge on any atom is -0.298 e. The van der Waals surface area contributed by atoms with Crippen LogP contribution in [-0.4, -0.2) is 52.0 Å². The van der Waals surface area contributed by atoms with Crippen molar-refractivity contribution in [1.82, 2.24) is 19.8 Å². The number of hydrogen-bond donors (Lipinski definition) is 0. The van der Waals surface area contributed by atoms with Gasteiger partial charge in [-0.25, -0.2) is 4.98 Å². The van der Waals surface area contributed by atoms with E-state index in [-0.39, 0.29) is 0 Å². The Kier molecular flexibility index (Phi) is 5.21. The van der Waals surface area contributed by atoms with Gasteiger partial charge >= 0.3 is 0 Å². The van der Waals surface area contributed by atoms with Crippen molar-refractivity contribution in [2.45, 2.75) is 44.7 Å². The zero-order valence-corrected chi connectivity index (χ0v) is 15.0. The van der Waals surface area contributed by atoms with Crippen LogP contribution in [-0.2, 0) is 6.54 Å². The first kappa shape index (κ1) is 16.2. The number of hydrogen-bond acceptors (Lipinski definition) is 5. The van der Waals surface area contributed by atoms with Crippen LogP contribution in [0, 0.1) is 0 Å². The largest absolute Gasteiger partial charge is 0.298 e. The summed E-state index contributed by atoms with van der Waals surface area (Å²) in [5, 5.41) is 3.23. The smallest absolute Gasteiger partial charge is 0.142 e. The molecule has 1 saturated heterocycles. The van der Waals surface area contributed by atoms with Gasteiger partial charge in [0.25, 0.3) is 0 Å². The summed E-state index contributed by atoms with van der Waals surface area (Å²) in [4.78, 5) is 14.5. The summed E-state index contributed by atoms with van der Waals surface area (Å²) in [6, 6.07) is 6.86. The van der Waals surface area contributed by atoms with Crippen LogP contribution in [0.3, 0.4) is 0 Å². The van der Waals surface area contributed by atoms with E-state index in [1.165, 1.54) is 64.0 Å². The number of thiazole rings is 1. The molecule has 2 aromatic heterocycles. The van der Waals surface area contributed by atoms with Crippen molar-refractivity contribution >= 4 is 11.3 Å². The number of rotatable bonds is 4. The van der Waals surface area contributed by atoms with Gasteiger partial charge in [-0.2, -0.15) is 0 Å². The molecule has 128 valence electrons. The van der Waals surface area contributed by atoms with Gasteiger partial charge in [-0.05, 0) is 25.0 Å². The number of piperazine rings is 1. The zero-order chi connectivity index (χ0) is 16.2. The molecule has 4 nitrogen and oxygen atoms in total. The van der Waals surface area contributed by atoms with Crippen molar-refractivity contribution in [1.29, 1.82) is 0 Å². The van der Waals surface area contributed by atoms with Gasteiger partial charge in [0.05, 0.1) is 11.4 Å².